The maximum atomic E-state index is 12.9. The molecule has 0 saturated carbocycles. The lowest BCUT2D eigenvalue weighted by molar-refractivity contribution is 0.0696. The first-order chi connectivity index (χ1) is 14.1. The summed E-state index contributed by atoms with van der Waals surface area (Å²) in [6, 6.07) is 19.1. The van der Waals surface area contributed by atoms with Gasteiger partial charge >= 0.3 is 5.97 Å². The molecule has 4 rings (SSSR count). The highest BCUT2D eigenvalue weighted by molar-refractivity contribution is 7.13. The fourth-order valence-electron chi connectivity index (χ4n) is 3.10. The summed E-state index contributed by atoms with van der Waals surface area (Å²) in [6.07, 6.45) is 1.72. The van der Waals surface area contributed by atoms with Gasteiger partial charge in [0.1, 0.15) is 0 Å². The number of nitrogens with one attached hydrogen (secondary N) is 2. The summed E-state index contributed by atoms with van der Waals surface area (Å²) in [5.74, 6) is -1.33. The molecule has 29 heavy (non-hydrogen) atoms. The number of amides is 1. The summed E-state index contributed by atoms with van der Waals surface area (Å²) in [7, 11) is 0. The van der Waals surface area contributed by atoms with Crippen molar-refractivity contribution in [2.24, 2.45) is 0 Å². The largest absolute Gasteiger partial charge is 0.478 e. The van der Waals surface area contributed by atoms with Crippen molar-refractivity contribution in [3.8, 4) is 10.6 Å². The SMILES string of the molecule is O=C(O)c1ccc(C(=O)NC(c2ccccc2)c2cn[nH]c2-c2cccs2)cc1. The molecule has 2 aromatic heterocycles. The molecule has 0 bridgehead atoms. The molecule has 4 aromatic rings. The predicted molar refractivity (Wildman–Crippen MR) is 111 cm³/mol. The Hall–Kier alpha value is -3.71. The Morgan fingerprint density at radius 3 is 2.34 bits per heavy atom. The molecule has 0 saturated heterocycles. The number of nitrogens with zero attached hydrogens (tertiary/aromatic N) is 1. The van der Waals surface area contributed by atoms with Crippen molar-refractivity contribution < 1.29 is 14.7 Å². The number of hydrogen-bond acceptors (Lipinski definition) is 4. The molecule has 3 N–H and O–H groups in total. The summed E-state index contributed by atoms with van der Waals surface area (Å²) in [4.78, 5) is 25.0. The molecule has 0 radical (unpaired) electrons. The van der Waals surface area contributed by atoms with E-state index in [0.29, 0.717) is 5.56 Å². The third-order valence-corrected chi connectivity index (χ3v) is 5.44. The Labute approximate surface area is 170 Å². The molecule has 0 aliphatic rings. The lowest BCUT2D eigenvalue weighted by Gasteiger charge is -2.19. The van der Waals surface area contributed by atoms with E-state index in [9.17, 15) is 9.59 Å². The molecule has 1 atom stereocenters. The van der Waals surface area contributed by atoms with Crippen molar-refractivity contribution in [2.45, 2.75) is 6.04 Å². The zero-order valence-corrected chi connectivity index (χ0v) is 16.0. The van der Waals surface area contributed by atoms with E-state index in [0.717, 1.165) is 21.7 Å². The molecule has 2 aromatic carbocycles. The number of carboxylic acids is 1. The molecule has 0 aliphatic carbocycles. The Morgan fingerprint density at radius 2 is 1.69 bits per heavy atom. The second-order valence-electron chi connectivity index (χ2n) is 6.38. The van der Waals surface area contributed by atoms with E-state index in [1.807, 2.05) is 47.8 Å². The van der Waals surface area contributed by atoms with Crippen LogP contribution in [0.5, 0.6) is 0 Å². The van der Waals surface area contributed by atoms with Crippen LogP contribution in [0.25, 0.3) is 10.6 Å². The van der Waals surface area contributed by atoms with Gasteiger partial charge < -0.3 is 10.4 Å². The summed E-state index contributed by atoms with van der Waals surface area (Å²) in [6.45, 7) is 0. The van der Waals surface area contributed by atoms with Gasteiger partial charge in [-0.2, -0.15) is 5.10 Å². The number of aromatic carboxylic acids is 1. The van der Waals surface area contributed by atoms with Crippen LogP contribution >= 0.6 is 11.3 Å². The first-order valence-electron chi connectivity index (χ1n) is 8.90. The van der Waals surface area contributed by atoms with E-state index in [2.05, 4.69) is 15.5 Å². The molecular weight excluding hydrogens is 386 g/mol. The van der Waals surface area contributed by atoms with Gasteiger partial charge in [0, 0.05) is 11.1 Å². The molecule has 7 heteroatoms. The number of carbonyl (C=O) groups excluding carboxylic acids is 1. The third kappa shape index (κ3) is 3.95. The van der Waals surface area contributed by atoms with E-state index in [-0.39, 0.29) is 11.5 Å². The van der Waals surface area contributed by atoms with E-state index in [1.54, 1.807) is 17.5 Å². The van der Waals surface area contributed by atoms with Crippen LogP contribution in [0.15, 0.2) is 78.3 Å². The van der Waals surface area contributed by atoms with Gasteiger partial charge in [0.15, 0.2) is 0 Å². The minimum atomic E-state index is -1.03. The van der Waals surface area contributed by atoms with E-state index >= 15 is 0 Å². The van der Waals surface area contributed by atoms with Gasteiger partial charge in [0.05, 0.1) is 28.4 Å². The van der Waals surface area contributed by atoms with Crippen LogP contribution < -0.4 is 5.32 Å². The summed E-state index contributed by atoms with van der Waals surface area (Å²) < 4.78 is 0. The van der Waals surface area contributed by atoms with Gasteiger partial charge in [-0.15, -0.1) is 11.3 Å². The Kier molecular flexibility index (Phi) is 5.22. The van der Waals surface area contributed by atoms with Crippen molar-refractivity contribution in [1.82, 2.24) is 15.5 Å². The van der Waals surface area contributed by atoms with Crippen LogP contribution in [0.4, 0.5) is 0 Å². The monoisotopic (exact) mass is 403 g/mol. The fraction of sp³-hybridized carbons (Fsp3) is 0.0455. The van der Waals surface area contributed by atoms with Crippen molar-refractivity contribution in [3.63, 3.8) is 0 Å². The topological polar surface area (TPSA) is 95.1 Å². The van der Waals surface area contributed by atoms with Crippen molar-refractivity contribution in [3.05, 3.63) is 101 Å². The lowest BCUT2D eigenvalue weighted by atomic mass is 9.98. The first kappa shape index (κ1) is 18.6. The maximum absolute atomic E-state index is 12.9. The fourth-order valence-corrected chi connectivity index (χ4v) is 3.84. The van der Waals surface area contributed by atoms with Crippen LogP contribution in [-0.2, 0) is 0 Å². The summed E-state index contributed by atoms with van der Waals surface area (Å²) >= 11 is 1.59. The molecule has 2 heterocycles. The van der Waals surface area contributed by atoms with E-state index < -0.39 is 12.0 Å². The minimum absolute atomic E-state index is 0.135. The predicted octanol–water partition coefficient (Wildman–Crippen LogP) is 4.36. The van der Waals surface area contributed by atoms with E-state index in [1.165, 1.54) is 24.3 Å². The van der Waals surface area contributed by atoms with Gasteiger partial charge in [-0.25, -0.2) is 4.79 Å². The van der Waals surface area contributed by atoms with Crippen molar-refractivity contribution in [1.29, 1.82) is 0 Å². The number of carboxylic acid groups (broad SMARTS) is 1. The van der Waals surface area contributed by atoms with E-state index in [4.69, 9.17) is 5.11 Å². The molecule has 6 nitrogen and oxygen atoms in total. The molecule has 0 fully saturated rings. The number of thiophene rings is 1. The molecule has 0 spiro atoms. The average molecular weight is 403 g/mol. The molecular formula is C22H17N3O3S. The molecule has 1 amide bonds. The summed E-state index contributed by atoms with van der Waals surface area (Å²) in [5, 5.41) is 21.3. The Balaban J connectivity index is 1.69. The smallest absolute Gasteiger partial charge is 0.335 e. The van der Waals surface area contributed by atoms with Gasteiger partial charge in [0.25, 0.3) is 5.91 Å². The number of aromatic amines is 1. The van der Waals surface area contributed by atoms with Gasteiger partial charge in [-0.05, 0) is 41.3 Å². The Morgan fingerprint density at radius 1 is 0.966 bits per heavy atom. The van der Waals surface area contributed by atoms with Gasteiger partial charge in [-0.1, -0.05) is 36.4 Å². The zero-order valence-electron chi connectivity index (χ0n) is 15.2. The Bertz CT molecular complexity index is 1120. The van der Waals surface area contributed by atoms with Gasteiger partial charge in [-0.3, -0.25) is 9.89 Å². The second kappa shape index (κ2) is 8.12. The second-order valence-corrected chi connectivity index (χ2v) is 7.33. The summed E-state index contributed by atoms with van der Waals surface area (Å²) in [5.41, 5.74) is 3.15. The van der Waals surface area contributed by atoms with Crippen LogP contribution in [0.1, 0.15) is 37.9 Å². The number of aromatic nitrogens is 2. The number of hydrogen-bond donors (Lipinski definition) is 3. The lowest BCUT2D eigenvalue weighted by Crippen LogP contribution is -2.29. The third-order valence-electron chi connectivity index (χ3n) is 4.55. The molecule has 0 aliphatic heterocycles. The minimum Gasteiger partial charge on any atom is -0.478 e. The number of benzene rings is 2. The van der Waals surface area contributed by atoms with Crippen molar-refractivity contribution >= 4 is 23.2 Å². The average Bonchev–Trinajstić information content (AvgIpc) is 3.44. The zero-order chi connectivity index (χ0) is 20.2. The van der Waals surface area contributed by atoms with Gasteiger partial charge in [0.2, 0.25) is 0 Å². The highest BCUT2D eigenvalue weighted by atomic mass is 32.1. The standard InChI is InChI=1S/C22H17N3O3S/c26-21(15-8-10-16(11-9-15)22(27)28)24-19(14-5-2-1-3-6-14)17-13-23-25-20(17)18-7-4-12-29-18/h1-13,19H,(H,23,25)(H,24,26)(H,27,28). The quantitative estimate of drug-likeness (QED) is 0.446. The number of H-pyrrole nitrogens is 1. The maximum Gasteiger partial charge on any atom is 0.335 e. The van der Waals surface area contributed by atoms with Crippen LogP contribution in [0.2, 0.25) is 0 Å². The number of rotatable bonds is 6. The number of carbonyl (C=O) groups is 2. The van der Waals surface area contributed by atoms with Crippen LogP contribution in [0.3, 0.4) is 0 Å². The van der Waals surface area contributed by atoms with Crippen molar-refractivity contribution in [2.75, 3.05) is 0 Å². The van der Waals surface area contributed by atoms with Crippen LogP contribution in [0, 0.1) is 0 Å². The highest BCUT2D eigenvalue weighted by Crippen LogP contribution is 2.32. The normalized spacial score (nSPS) is 11.7. The van der Waals surface area contributed by atoms with Crippen LogP contribution in [-0.4, -0.2) is 27.2 Å². The molecule has 144 valence electrons. The molecule has 1 unspecified atom stereocenters. The first-order valence-corrected chi connectivity index (χ1v) is 9.78. The highest BCUT2D eigenvalue weighted by Gasteiger charge is 2.23.